The zero-order chi connectivity index (χ0) is 17.6. The molecule has 24 heavy (non-hydrogen) atoms. The third kappa shape index (κ3) is 4.10. The van der Waals surface area contributed by atoms with Crippen molar-refractivity contribution in [1.82, 2.24) is 0 Å². The van der Waals surface area contributed by atoms with Gasteiger partial charge >= 0.3 is 11.9 Å². The van der Waals surface area contributed by atoms with Gasteiger partial charge in [-0.05, 0) is 31.6 Å². The molecule has 128 valence electrons. The second kappa shape index (κ2) is 7.90. The SMILES string of the molecule is CC#CC#C/C=C1\O[C@]2(CCCCO2)[C@H](OC(C)=O)[C@H]1OC(C)=O. The van der Waals surface area contributed by atoms with E-state index in [0.29, 0.717) is 18.8 Å². The summed E-state index contributed by atoms with van der Waals surface area (Å²) in [5, 5.41) is 0. The van der Waals surface area contributed by atoms with Gasteiger partial charge in [-0.3, -0.25) is 9.59 Å². The van der Waals surface area contributed by atoms with Crippen LogP contribution in [0.5, 0.6) is 0 Å². The van der Waals surface area contributed by atoms with Crippen molar-refractivity contribution in [3.8, 4) is 23.7 Å². The number of allylic oxidation sites excluding steroid dienone is 1. The first-order valence-electron chi connectivity index (χ1n) is 7.78. The number of rotatable bonds is 2. The van der Waals surface area contributed by atoms with Crippen molar-refractivity contribution in [3.05, 3.63) is 11.8 Å². The summed E-state index contributed by atoms with van der Waals surface area (Å²) in [6.45, 7) is 4.73. The average Bonchev–Trinajstić information content (AvgIpc) is 2.78. The van der Waals surface area contributed by atoms with Gasteiger partial charge in [0, 0.05) is 26.3 Å². The Balaban J connectivity index is 2.38. The molecule has 6 heteroatoms. The number of ether oxygens (including phenoxy) is 4. The first-order valence-corrected chi connectivity index (χ1v) is 7.78. The Hall–Kier alpha value is -2.44. The zero-order valence-corrected chi connectivity index (χ0v) is 14.0. The molecule has 2 saturated heterocycles. The van der Waals surface area contributed by atoms with Gasteiger partial charge in [-0.2, -0.15) is 0 Å². The molecular weight excluding hydrogens is 312 g/mol. The maximum atomic E-state index is 11.5. The predicted molar refractivity (Wildman–Crippen MR) is 84.0 cm³/mol. The van der Waals surface area contributed by atoms with Crippen LogP contribution in [0.25, 0.3) is 0 Å². The lowest BCUT2D eigenvalue weighted by atomic mass is 9.98. The fraction of sp³-hybridized carbons (Fsp3) is 0.556. The van der Waals surface area contributed by atoms with Gasteiger partial charge in [-0.1, -0.05) is 11.8 Å². The molecular formula is C18H20O6. The minimum atomic E-state index is -1.14. The van der Waals surface area contributed by atoms with Crippen LogP contribution in [0.15, 0.2) is 11.8 Å². The first kappa shape index (κ1) is 17.9. The van der Waals surface area contributed by atoms with Crippen LogP contribution in [0.3, 0.4) is 0 Å². The molecule has 2 fully saturated rings. The van der Waals surface area contributed by atoms with Crippen LogP contribution >= 0.6 is 0 Å². The quantitative estimate of drug-likeness (QED) is 0.566. The maximum absolute atomic E-state index is 11.5. The minimum Gasteiger partial charge on any atom is -0.458 e. The van der Waals surface area contributed by atoms with Crippen LogP contribution in [0.2, 0.25) is 0 Å². The third-order valence-corrected chi connectivity index (χ3v) is 3.61. The molecule has 0 aromatic heterocycles. The van der Waals surface area contributed by atoms with Crippen molar-refractivity contribution >= 4 is 11.9 Å². The average molecular weight is 332 g/mol. The van der Waals surface area contributed by atoms with Crippen LogP contribution in [0.4, 0.5) is 0 Å². The van der Waals surface area contributed by atoms with Gasteiger partial charge in [0.25, 0.3) is 5.79 Å². The van der Waals surface area contributed by atoms with Crippen LogP contribution in [-0.4, -0.2) is 36.5 Å². The Morgan fingerprint density at radius 3 is 2.54 bits per heavy atom. The molecule has 2 aliphatic heterocycles. The molecule has 6 nitrogen and oxygen atoms in total. The number of carbonyl (C=O) groups is 2. The summed E-state index contributed by atoms with van der Waals surface area (Å²) < 4.78 is 22.5. The second-order valence-electron chi connectivity index (χ2n) is 5.47. The fourth-order valence-corrected chi connectivity index (χ4v) is 2.74. The van der Waals surface area contributed by atoms with Crippen LogP contribution in [-0.2, 0) is 28.5 Å². The van der Waals surface area contributed by atoms with Gasteiger partial charge in [-0.25, -0.2) is 0 Å². The van der Waals surface area contributed by atoms with E-state index in [0.717, 1.165) is 12.8 Å². The van der Waals surface area contributed by atoms with E-state index >= 15 is 0 Å². The Labute approximate surface area is 141 Å². The molecule has 0 aromatic carbocycles. The lowest BCUT2D eigenvalue weighted by Gasteiger charge is -2.36. The largest absolute Gasteiger partial charge is 0.458 e. The summed E-state index contributed by atoms with van der Waals surface area (Å²) in [6.07, 6.45) is 1.98. The number of esters is 2. The number of hydrogen-bond acceptors (Lipinski definition) is 6. The van der Waals surface area contributed by atoms with E-state index in [2.05, 4.69) is 23.7 Å². The summed E-state index contributed by atoms with van der Waals surface area (Å²) in [5.41, 5.74) is 0. The highest BCUT2D eigenvalue weighted by molar-refractivity contribution is 5.68. The molecule has 2 heterocycles. The lowest BCUT2D eigenvalue weighted by molar-refractivity contribution is -0.263. The Kier molecular flexibility index (Phi) is 5.89. The molecule has 2 aliphatic rings. The van der Waals surface area contributed by atoms with Crippen LogP contribution in [0.1, 0.15) is 40.0 Å². The maximum Gasteiger partial charge on any atom is 0.303 e. The van der Waals surface area contributed by atoms with Gasteiger partial charge in [-0.15, -0.1) is 0 Å². The topological polar surface area (TPSA) is 71.1 Å². The normalized spacial score (nSPS) is 29.7. The minimum absolute atomic E-state index is 0.295. The highest BCUT2D eigenvalue weighted by atomic mass is 16.7. The molecule has 3 atom stereocenters. The predicted octanol–water partition coefficient (Wildman–Crippen LogP) is 1.69. The Bertz CT molecular complexity index is 648. The van der Waals surface area contributed by atoms with Crippen molar-refractivity contribution in [2.24, 2.45) is 0 Å². The van der Waals surface area contributed by atoms with E-state index in [1.807, 2.05) is 0 Å². The smallest absolute Gasteiger partial charge is 0.303 e. The number of carbonyl (C=O) groups excluding carboxylic acids is 2. The summed E-state index contributed by atoms with van der Waals surface area (Å²) in [6, 6.07) is 0. The molecule has 0 bridgehead atoms. The van der Waals surface area contributed by atoms with Gasteiger partial charge < -0.3 is 18.9 Å². The summed E-state index contributed by atoms with van der Waals surface area (Å²) in [5.74, 6) is 8.75. The van der Waals surface area contributed by atoms with E-state index in [-0.39, 0.29) is 0 Å². The van der Waals surface area contributed by atoms with Crippen LogP contribution in [0, 0.1) is 23.7 Å². The monoisotopic (exact) mass is 332 g/mol. The summed E-state index contributed by atoms with van der Waals surface area (Å²) in [7, 11) is 0. The second-order valence-corrected chi connectivity index (χ2v) is 5.47. The van der Waals surface area contributed by atoms with Crippen molar-refractivity contribution in [2.75, 3.05) is 6.61 Å². The van der Waals surface area contributed by atoms with Crippen molar-refractivity contribution < 1.29 is 28.5 Å². The van der Waals surface area contributed by atoms with E-state index in [1.165, 1.54) is 19.9 Å². The van der Waals surface area contributed by atoms with E-state index < -0.39 is 29.9 Å². The summed E-state index contributed by atoms with van der Waals surface area (Å²) >= 11 is 0. The molecule has 1 spiro atoms. The Morgan fingerprint density at radius 1 is 1.21 bits per heavy atom. The van der Waals surface area contributed by atoms with Gasteiger partial charge in [0.15, 0.2) is 5.76 Å². The van der Waals surface area contributed by atoms with Gasteiger partial charge in [0.1, 0.15) is 0 Å². The zero-order valence-electron chi connectivity index (χ0n) is 14.0. The molecule has 0 radical (unpaired) electrons. The number of hydrogen-bond donors (Lipinski definition) is 0. The van der Waals surface area contributed by atoms with E-state index in [4.69, 9.17) is 18.9 Å². The summed E-state index contributed by atoms with van der Waals surface area (Å²) in [4.78, 5) is 23.0. The molecule has 0 N–H and O–H groups in total. The molecule has 0 unspecified atom stereocenters. The molecule has 0 saturated carbocycles. The van der Waals surface area contributed by atoms with Gasteiger partial charge in [0.2, 0.25) is 12.2 Å². The lowest BCUT2D eigenvalue weighted by Crippen LogP contribution is -2.50. The highest BCUT2D eigenvalue weighted by Crippen LogP contribution is 2.43. The van der Waals surface area contributed by atoms with E-state index in [9.17, 15) is 9.59 Å². The standard InChI is InChI=1S/C18H20O6/c1-4-5-6-7-10-15-16(22-13(2)19)17(23-14(3)20)18(24-15)11-8-9-12-21-18/h10,16-17H,8-9,11-12H2,1-3H3/b15-10-/t16-,17+,18+/m0/s1. The van der Waals surface area contributed by atoms with Crippen molar-refractivity contribution in [2.45, 2.75) is 58.0 Å². The Morgan fingerprint density at radius 2 is 1.96 bits per heavy atom. The van der Waals surface area contributed by atoms with Gasteiger partial charge in [0.05, 0.1) is 6.61 Å². The third-order valence-electron chi connectivity index (χ3n) is 3.61. The van der Waals surface area contributed by atoms with E-state index in [1.54, 1.807) is 6.92 Å². The van der Waals surface area contributed by atoms with Crippen molar-refractivity contribution in [1.29, 1.82) is 0 Å². The first-order chi connectivity index (χ1) is 11.5. The molecule has 0 aliphatic carbocycles. The molecule has 0 amide bonds. The molecule has 0 aromatic rings. The fourth-order valence-electron chi connectivity index (χ4n) is 2.74. The van der Waals surface area contributed by atoms with Crippen molar-refractivity contribution in [3.63, 3.8) is 0 Å². The highest BCUT2D eigenvalue weighted by Gasteiger charge is 2.59. The van der Waals surface area contributed by atoms with Crippen LogP contribution < -0.4 is 0 Å². The molecule has 2 rings (SSSR count).